The summed E-state index contributed by atoms with van der Waals surface area (Å²) >= 11 is 0. The van der Waals surface area contributed by atoms with Gasteiger partial charge in [-0.3, -0.25) is 9.59 Å². The second-order valence-electron chi connectivity index (χ2n) is 4.23. The first kappa shape index (κ1) is 15.9. The van der Waals surface area contributed by atoms with Crippen LogP contribution < -0.4 is 0 Å². The summed E-state index contributed by atoms with van der Waals surface area (Å²) in [7, 11) is 0. The van der Waals surface area contributed by atoms with Gasteiger partial charge in [0.15, 0.2) is 5.92 Å². The lowest BCUT2D eigenvalue weighted by Gasteiger charge is -2.25. The Morgan fingerprint density at radius 3 is 1.65 bits per heavy atom. The van der Waals surface area contributed by atoms with Crippen LogP contribution in [0.5, 0.6) is 0 Å². The zero-order valence-corrected chi connectivity index (χ0v) is 11.5. The van der Waals surface area contributed by atoms with Gasteiger partial charge in [0.2, 0.25) is 0 Å². The first-order valence-corrected chi connectivity index (χ1v) is 6.32. The molecule has 0 aliphatic heterocycles. The van der Waals surface area contributed by atoms with E-state index in [0.29, 0.717) is 0 Å². The van der Waals surface area contributed by atoms with Crippen molar-refractivity contribution in [1.82, 2.24) is 0 Å². The molecule has 2 atom stereocenters. The minimum Gasteiger partial charge on any atom is -0.465 e. The van der Waals surface area contributed by atoms with Gasteiger partial charge in [-0.2, -0.15) is 0 Å². The molecule has 100 valence electrons. The van der Waals surface area contributed by atoms with Crippen LogP contribution in [0, 0.1) is 17.8 Å². The number of rotatable bonds is 7. The number of hydrogen-bond donors (Lipinski definition) is 0. The highest BCUT2D eigenvalue weighted by Crippen LogP contribution is 2.25. The molecule has 0 bridgehead atoms. The fraction of sp³-hybridized carbons (Fsp3) is 0.846. The van der Waals surface area contributed by atoms with E-state index in [0.717, 1.165) is 6.42 Å². The molecule has 0 radical (unpaired) electrons. The number of carbonyl (C=O) groups is 2. The van der Waals surface area contributed by atoms with E-state index in [9.17, 15) is 9.59 Å². The molecule has 0 spiro atoms. The van der Waals surface area contributed by atoms with Crippen molar-refractivity contribution in [2.45, 2.75) is 41.0 Å². The lowest BCUT2D eigenvalue weighted by Crippen LogP contribution is -2.36. The molecule has 0 rings (SSSR count). The van der Waals surface area contributed by atoms with Crippen LogP contribution in [-0.4, -0.2) is 25.2 Å². The highest BCUT2D eigenvalue weighted by atomic mass is 16.6. The Balaban J connectivity index is 4.83. The molecule has 2 unspecified atom stereocenters. The summed E-state index contributed by atoms with van der Waals surface area (Å²) in [4.78, 5) is 23.6. The Morgan fingerprint density at radius 1 is 0.941 bits per heavy atom. The molecule has 0 N–H and O–H groups in total. The molecule has 0 aromatic rings. The van der Waals surface area contributed by atoms with Crippen LogP contribution >= 0.6 is 0 Å². The van der Waals surface area contributed by atoms with Crippen LogP contribution in [0.15, 0.2) is 0 Å². The summed E-state index contributed by atoms with van der Waals surface area (Å²) in [6, 6.07) is 0. The zero-order chi connectivity index (χ0) is 13.4. The van der Waals surface area contributed by atoms with Gasteiger partial charge >= 0.3 is 11.9 Å². The van der Waals surface area contributed by atoms with E-state index < -0.39 is 17.9 Å². The van der Waals surface area contributed by atoms with Crippen molar-refractivity contribution in [3.8, 4) is 0 Å². The van der Waals surface area contributed by atoms with Gasteiger partial charge in [-0.1, -0.05) is 27.2 Å². The van der Waals surface area contributed by atoms with Crippen molar-refractivity contribution in [1.29, 1.82) is 0 Å². The molecule has 0 amide bonds. The first-order valence-electron chi connectivity index (χ1n) is 6.32. The minimum atomic E-state index is -0.801. The summed E-state index contributed by atoms with van der Waals surface area (Å²) in [5, 5.41) is 0. The SMILES string of the molecule is CCOC(=O)C(C(=O)OCC)C(C)C(C)CC. The zero-order valence-electron chi connectivity index (χ0n) is 11.5. The summed E-state index contributed by atoms with van der Waals surface area (Å²) in [5.41, 5.74) is 0. The topological polar surface area (TPSA) is 52.6 Å². The van der Waals surface area contributed by atoms with Crippen LogP contribution in [0.3, 0.4) is 0 Å². The van der Waals surface area contributed by atoms with Crippen LogP contribution in [0.2, 0.25) is 0 Å². The summed E-state index contributed by atoms with van der Waals surface area (Å²) in [5.74, 6) is -1.55. The largest absolute Gasteiger partial charge is 0.465 e. The molecule has 0 aromatic carbocycles. The van der Waals surface area contributed by atoms with Gasteiger partial charge in [-0.05, 0) is 25.7 Å². The molecule has 0 heterocycles. The lowest BCUT2D eigenvalue weighted by atomic mass is 9.82. The summed E-state index contributed by atoms with van der Waals surface area (Å²) < 4.78 is 9.90. The predicted molar refractivity (Wildman–Crippen MR) is 65.4 cm³/mol. The minimum absolute atomic E-state index is 0.0712. The van der Waals surface area contributed by atoms with Gasteiger partial charge in [0.25, 0.3) is 0 Å². The molecular weight excluding hydrogens is 220 g/mol. The number of ether oxygens (including phenoxy) is 2. The highest BCUT2D eigenvalue weighted by Gasteiger charge is 2.36. The highest BCUT2D eigenvalue weighted by molar-refractivity contribution is 5.95. The molecule has 4 heteroatoms. The molecule has 17 heavy (non-hydrogen) atoms. The van der Waals surface area contributed by atoms with Gasteiger partial charge in [-0.15, -0.1) is 0 Å². The summed E-state index contributed by atoms with van der Waals surface area (Å²) in [6.07, 6.45) is 0.913. The Labute approximate surface area is 104 Å². The Morgan fingerprint density at radius 2 is 1.35 bits per heavy atom. The van der Waals surface area contributed by atoms with Gasteiger partial charge < -0.3 is 9.47 Å². The summed E-state index contributed by atoms with van der Waals surface area (Å²) in [6.45, 7) is 9.98. The van der Waals surface area contributed by atoms with Gasteiger partial charge in [-0.25, -0.2) is 0 Å². The fourth-order valence-electron chi connectivity index (χ4n) is 1.69. The smallest absolute Gasteiger partial charge is 0.320 e. The van der Waals surface area contributed by atoms with Gasteiger partial charge in [0.05, 0.1) is 13.2 Å². The molecule has 0 saturated carbocycles. The molecule has 0 fully saturated rings. The van der Waals surface area contributed by atoms with Crippen LogP contribution in [-0.2, 0) is 19.1 Å². The number of carbonyl (C=O) groups excluding carboxylic acids is 2. The molecular formula is C13H24O4. The third-order valence-corrected chi connectivity index (χ3v) is 3.15. The maximum Gasteiger partial charge on any atom is 0.320 e. The maximum atomic E-state index is 11.8. The molecule has 0 aromatic heterocycles. The standard InChI is InChI=1S/C13H24O4/c1-6-9(4)10(5)11(12(14)16-7-2)13(15)17-8-3/h9-11H,6-8H2,1-5H3. The van der Waals surface area contributed by atoms with Crippen LogP contribution in [0.25, 0.3) is 0 Å². The lowest BCUT2D eigenvalue weighted by molar-refractivity contribution is -0.165. The van der Waals surface area contributed by atoms with E-state index >= 15 is 0 Å². The second-order valence-corrected chi connectivity index (χ2v) is 4.23. The monoisotopic (exact) mass is 244 g/mol. The average molecular weight is 244 g/mol. The van der Waals surface area contributed by atoms with Crippen molar-refractivity contribution < 1.29 is 19.1 Å². The molecule has 0 aliphatic rings. The predicted octanol–water partition coefficient (Wildman–Crippen LogP) is 2.41. The Kier molecular flexibility index (Phi) is 7.59. The Hall–Kier alpha value is -1.06. The fourth-order valence-corrected chi connectivity index (χ4v) is 1.69. The van der Waals surface area contributed by atoms with E-state index in [1.165, 1.54) is 0 Å². The van der Waals surface area contributed by atoms with Crippen molar-refractivity contribution in [3.05, 3.63) is 0 Å². The van der Waals surface area contributed by atoms with Crippen molar-refractivity contribution >= 4 is 11.9 Å². The molecule has 0 saturated heterocycles. The van der Waals surface area contributed by atoms with Gasteiger partial charge in [0.1, 0.15) is 0 Å². The quantitative estimate of drug-likeness (QED) is 0.510. The number of esters is 2. The van der Waals surface area contributed by atoms with Crippen molar-refractivity contribution in [2.24, 2.45) is 17.8 Å². The van der Waals surface area contributed by atoms with E-state index in [1.54, 1.807) is 13.8 Å². The molecule has 0 aliphatic carbocycles. The average Bonchev–Trinajstić information content (AvgIpc) is 2.28. The third-order valence-electron chi connectivity index (χ3n) is 3.15. The van der Waals surface area contributed by atoms with Gasteiger partial charge in [0, 0.05) is 0 Å². The van der Waals surface area contributed by atoms with Crippen molar-refractivity contribution in [2.75, 3.05) is 13.2 Å². The second kappa shape index (κ2) is 8.09. The molecule has 4 nitrogen and oxygen atoms in total. The Bertz CT molecular complexity index is 232. The van der Waals surface area contributed by atoms with E-state index in [1.807, 2.05) is 20.8 Å². The van der Waals surface area contributed by atoms with E-state index in [-0.39, 0.29) is 25.0 Å². The van der Waals surface area contributed by atoms with Crippen LogP contribution in [0.1, 0.15) is 41.0 Å². The van der Waals surface area contributed by atoms with Crippen molar-refractivity contribution in [3.63, 3.8) is 0 Å². The maximum absolute atomic E-state index is 11.8. The third kappa shape index (κ3) is 4.75. The first-order chi connectivity index (χ1) is 7.99. The normalized spacial score (nSPS) is 14.2. The van der Waals surface area contributed by atoms with E-state index in [2.05, 4.69) is 0 Å². The number of hydrogen-bond acceptors (Lipinski definition) is 4. The van der Waals surface area contributed by atoms with E-state index in [4.69, 9.17) is 9.47 Å². The van der Waals surface area contributed by atoms with Crippen LogP contribution in [0.4, 0.5) is 0 Å².